The zero-order valence-electron chi connectivity index (χ0n) is 12.8. The van der Waals surface area contributed by atoms with Gasteiger partial charge in [0.25, 0.3) is 0 Å². The molecule has 0 saturated carbocycles. The molecule has 0 aliphatic heterocycles. The molecule has 4 heteroatoms. The normalized spacial score (nSPS) is 12.3. The molecule has 22 heavy (non-hydrogen) atoms. The van der Waals surface area contributed by atoms with Gasteiger partial charge in [0.15, 0.2) is 0 Å². The van der Waals surface area contributed by atoms with Crippen LogP contribution in [-0.2, 0) is 4.79 Å². The van der Waals surface area contributed by atoms with Crippen LogP contribution in [0.3, 0.4) is 0 Å². The minimum atomic E-state index is -0.0627. The number of aryl methyl sites for hydroxylation is 1. The maximum Gasteiger partial charge on any atom is 0.222 e. The van der Waals surface area contributed by atoms with Crippen LogP contribution in [0.25, 0.3) is 10.9 Å². The second-order valence-corrected chi connectivity index (χ2v) is 5.42. The Morgan fingerprint density at radius 3 is 2.86 bits per heavy atom. The number of rotatable bonds is 4. The van der Waals surface area contributed by atoms with Gasteiger partial charge >= 0.3 is 0 Å². The molecule has 0 radical (unpaired) electrons. The number of aromatic nitrogens is 2. The minimum Gasteiger partial charge on any atom is -0.359 e. The van der Waals surface area contributed by atoms with Gasteiger partial charge in [-0.25, -0.2) is 0 Å². The lowest BCUT2D eigenvalue weighted by molar-refractivity contribution is -0.121. The zero-order valence-corrected chi connectivity index (χ0v) is 12.8. The summed E-state index contributed by atoms with van der Waals surface area (Å²) in [5.41, 5.74) is 3.40. The smallest absolute Gasteiger partial charge is 0.222 e. The molecular weight excluding hydrogens is 274 g/mol. The van der Waals surface area contributed by atoms with Gasteiger partial charge in [0.05, 0.1) is 18.0 Å². The first-order valence-electron chi connectivity index (χ1n) is 7.37. The number of hydrogen-bond donors (Lipinski definition) is 1. The highest BCUT2D eigenvalue weighted by Gasteiger charge is 2.19. The van der Waals surface area contributed by atoms with Crippen LogP contribution in [0.4, 0.5) is 0 Å². The molecule has 0 fully saturated rings. The Hall–Kier alpha value is -2.62. The van der Waals surface area contributed by atoms with Crippen LogP contribution in [0, 0.1) is 6.92 Å². The first-order valence-corrected chi connectivity index (χ1v) is 7.37. The monoisotopic (exact) mass is 293 g/mol. The highest BCUT2D eigenvalue weighted by atomic mass is 16.1. The number of amides is 1. The first-order chi connectivity index (χ1) is 10.7. The molecule has 1 atom stereocenters. The third-order valence-electron chi connectivity index (χ3n) is 4.00. The number of nitrogens with one attached hydrogen (secondary N) is 1. The maximum atomic E-state index is 12.0. The van der Waals surface area contributed by atoms with Crippen LogP contribution in [0.1, 0.15) is 23.6 Å². The Bertz CT molecular complexity index is 792. The molecule has 1 aromatic carbocycles. The Morgan fingerprint density at radius 1 is 1.27 bits per heavy atom. The number of benzene rings is 1. The van der Waals surface area contributed by atoms with Crippen LogP contribution in [-0.4, -0.2) is 22.5 Å². The first kappa shape index (κ1) is 14.3. The van der Waals surface area contributed by atoms with Gasteiger partial charge in [-0.3, -0.25) is 9.78 Å². The summed E-state index contributed by atoms with van der Waals surface area (Å²) in [5, 5.41) is 3.90. The van der Waals surface area contributed by atoms with Gasteiger partial charge in [0, 0.05) is 25.6 Å². The van der Waals surface area contributed by atoms with Crippen molar-refractivity contribution in [1.82, 2.24) is 14.9 Å². The van der Waals surface area contributed by atoms with Crippen molar-refractivity contribution in [2.45, 2.75) is 19.4 Å². The van der Waals surface area contributed by atoms with Gasteiger partial charge in [-0.05, 0) is 35.6 Å². The van der Waals surface area contributed by atoms with Crippen molar-refractivity contribution in [3.05, 3.63) is 66.1 Å². The van der Waals surface area contributed by atoms with Gasteiger partial charge in [0.1, 0.15) is 0 Å². The van der Waals surface area contributed by atoms with Gasteiger partial charge in [-0.2, -0.15) is 0 Å². The van der Waals surface area contributed by atoms with E-state index in [4.69, 9.17) is 0 Å². The Morgan fingerprint density at radius 2 is 2.14 bits per heavy atom. The van der Waals surface area contributed by atoms with Crippen LogP contribution in [0.5, 0.6) is 0 Å². The molecule has 2 heterocycles. The third kappa shape index (κ3) is 2.60. The standard InChI is InChI=1S/C18H19N3O/c1-13-5-3-6-14-8-10-21(18(13)14)16(11-17(22)19-2)15-7-4-9-20-12-15/h3-10,12,16H,11H2,1-2H3,(H,19,22). The molecule has 0 bridgehead atoms. The van der Waals surface area contributed by atoms with E-state index in [2.05, 4.69) is 52.3 Å². The number of pyridine rings is 1. The fraction of sp³-hybridized carbons (Fsp3) is 0.222. The largest absolute Gasteiger partial charge is 0.359 e. The molecule has 0 aliphatic carbocycles. The molecule has 4 nitrogen and oxygen atoms in total. The summed E-state index contributed by atoms with van der Waals surface area (Å²) in [4.78, 5) is 16.2. The van der Waals surface area contributed by atoms with E-state index in [0.29, 0.717) is 6.42 Å². The molecule has 1 unspecified atom stereocenters. The van der Waals surface area contributed by atoms with Crippen molar-refractivity contribution < 1.29 is 4.79 Å². The zero-order chi connectivity index (χ0) is 15.5. The SMILES string of the molecule is CNC(=O)CC(c1cccnc1)n1ccc2cccc(C)c21. The average molecular weight is 293 g/mol. The summed E-state index contributed by atoms with van der Waals surface area (Å²) >= 11 is 0. The molecular formula is C18H19N3O. The number of para-hydroxylation sites is 1. The molecule has 0 aliphatic rings. The van der Waals surface area contributed by atoms with Crippen molar-refractivity contribution >= 4 is 16.8 Å². The average Bonchev–Trinajstić information content (AvgIpc) is 2.98. The fourth-order valence-electron chi connectivity index (χ4n) is 2.89. The highest BCUT2D eigenvalue weighted by Crippen LogP contribution is 2.29. The molecule has 1 N–H and O–H groups in total. The van der Waals surface area contributed by atoms with Crippen molar-refractivity contribution in [2.75, 3.05) is 7.05 Å². The summed E-state index contributed by atoms with van der Waals surface area (Å²) in [6.07, 6.45) is 6.02. The van der Waals surface area contributed by atoms with E-state index in [1.165, 1.54) is 16.5 Å². The molecule has 0 spiro atoms. The number of carbonyl (C=O) groups is 1. The lowest BCUT2D eigenvalue weighted by atomic mass is 10.0. The van der Waals surface area contributed by atoms with Crippen molar-refractivity contribution in [2.24, 2.45) is 0 Å². The quantitative estimate of drug-likeness (QED) is 0.803. The van der Waals surface area contributed by atoms with Gasteiger partial charge in [-0.15, -0.1) is 0 Å². The summed E-state index contributed by atoms with van der Waals surface area (Å²) < 4.78 is 2.18. The van der Waals surface area contributed by atoms with E-state index in [-0.39, 0.29) is 11.9 Å². The number of nitrogens with zero attached hydrogens (tertiary/aromatic N) is 2. The summed E-state index contributed by atoms with van der Waals surface area (Å²) in [6, 6.07) is 12.2. The summed E-state index contributed by atoms with van der Waals surface area (Å²) in [7, 11) is 1.67. The van der Waals surface area contributed by atoms with Crippen LogP contribution in [0.15, 0.2) is 55.0 Å². The molecule has 3 aromatic rings. The third-order valence-corrected chi connectivity index (χ3v) is 4.00. The highest BCUT2D eigenvalue weighted by molar-refractivity contribution is 5.84. The van der Waals surface area contributed by atoms with Crippen LogP contribution < -0.4 is 5.32 Å². The van der Waals surface area contributed by atoms with E-state index in [9.17, 15) is 4.79 Å². The van der Waals surface area contributed by atoms with Crippen LogP contribution >= 0.6 is 0 Å². The lowest BCUT2D eigenvalue weighted by Crippen LogP contribution is -2.23. The molecule has 1 amide bonds. The van der Waals surface area contributed by atoms with E-state index in [0.717, 1.165) is 5.56 Å². The summed E-state index contributed by atoms with van der Waals surface area (Å²) in [5.74, 6) is 0.0179. The minimum absolute atomic E-state index is 0.0179. The maximum absolute atomic E-state index is 12.0. The number of carbonyl (C=O) groups excluding carboxylic acids is 1. The lowest BCUT2D eigenvalue weighted by Gasteiger charge is -2.20. The van der Waals surface area contributed by atoms with E-state index in [1.807, 2.05) is 18.3 Å². The van der Waals surface area contributed by atoms with E-state index >= 15 is 0 Å². The second kappa shape index (κ2) is 6.02. The van der Waals surface area contributed by atoms with Gasteiger partial charge in [-0.1, -0.05) is 24.3 Å². The van der Waals surface area contributed by atoms with E-state index in [1.54, 1.807) is 13.2 Å². The Kier molecular flexibility index (Phi) is 3.92. The summed E-state index contributed by atoms with van der Waals surface area (Å²) in [6.45, 7) is 2.10. The molecule has 112 valence electrons. The van der Waals surface area contributed by atoms with Crippen molar-refractivity contribution in [1.29, 1.82) is 0 Å². The van der Waals surface area contributed by atoms with Crippen molar-refractivity contribution in [3.63, 3.8) is 0 Å². The number of fused-ring (bicyclic) bond motifs is 1. The second-order valence-electron chi connectivity index (χ2n) is 5.42. The topological polar surface area (TPSA) is 46.9 Å². The van der Waals surface area contributed by atoms with E-state index < -0.39 is 0 Å². The van der Waals surface area contributed by atoms with Gasteiger partial charge < -0.3 is 9.88 Å². The Labute approximate surface area is 129 Å². The molecule has 0 saturated heterocycles. The fourth-order valence-corrected chi connectivity index (χ4v) is 2.89. The Balaban J connectivity index is 2.14. The van der Waals surface area contributed by atoms with Crippen molar-refractivity contribution in [3.8, 4) is 0 Å². The van der Waals surface area contributed by atoms with Gasteiger partial charge in [0.2, 0.25) is 5.91 Å². The molecule has 3 rings (SSSR count). The number of hydrogen-bond acceptors (Lipinski definition) is 2. The predicted octanol–water partition coefficient (Wildman–Crippen LogP) is 3.07. The molecule has 2 aromatic heterocycles. The van der Waals surface area contributed by atoms with Crippen LogP contribution in [0.2, 0.25) is 0 Å². The predicted molar refractivity (Wildman–Crippen MR) is 87.7 cm³/mol.